The summed E-state index contributed by atoms with van der Waals surface area (Å²) < 4.78 is 0. The lowest BCUT2D eigenvalue weighted by atomic mass is 10.2. The number of rotatable bonds is 16. The molecule has 0 heterocycles. The molecule has 0 aliphatic rings. The van der Waals surface area contributed by atoms with Gasteiger partial charge in [0.05, 0.1) is 11.4 Å². The van der Waals surface area contributed by atoms with Crippen molar-refractivity contribution in [2.24, 2.45) is 11.8 Å². The molecule has 0 aliphatic heterocycles. The molecule has 12 nitrogen and oxygen atoms in total. The standard InChI is InChI=1S/2C20H22N2O4S/c2*1-15(14-27-20(26)16-9-5-3-6-10-16)19(25)22(13-18(23)24)21(2)17-11-7-4-8-12-17/h2*3-12,15H,13-14H2,1-2H3,(H,23,24). The van der Waals surface area contributed by atoms with Gasteiger partial charge in [-0.1, -0.05) is 134 Å². The van der Waals surface area contributed by atoms with Crippen LogP contribution in [0.3, 0.4) is 0 Å². The van der Waals surface area contributed by atoms with Crippen molar-refractivity contribution in [3.8, 4) is 0 Å². The number of carboxylic acid groups (broad SMARTS) is 2. The number of anilines is 2. The van der Waals surface area contributed by atoms with E-state index in [9.17, 15) is 39.0 Å². The highest BCUT2D eigenvalue weighted by Crippen LogP contribution is 2.22. The third-order valence-electron chi connectivity index (χ3n) is 7.85. The first-order chi connectivity index (χ1) is 25.8. The Bertz CT molecular complexity index is 1700. The lowest BCUT2D eigenvalue weighted by molar-refractivity contribution is -0.146. The van der Waals surface area contributed by atoms with E-state index in [0.717, 1.165) is 23.5 Å². The first-order valence-corrected chi connectivity index (χ1v) is 18.8. The zero-order valence-electron chi connectivity index (χ0n) is 30.5. The molecule has 4 rings (SSSR count). The largest absolute Gasteiger partial charge is 0.480 e. The summed E-state index contributed by atoms with van der Waals surface area (Å²) in [5.74, 6) is -3.41. The van der Waals surface area contributed by atoms with Crippen molar-refractivity contribution < 1.29 is 39.0 Å². The number of nitrogens with zero attached hydrogens (tertiary/aromatic N) is 4. The van der Waals surface area contributed by atoms with Crippen LogP contribution in [0.1, 0.15) is 34.6 Å². The topological polar surface area (TPSA) is 156 Å². The van der Waals surface area contributed by atoms with Gasteiger partial charge in [-0.05, 0) is 24.3 Å². The predicted octanol–water partition coefficient (Wildman–Crippen LogP) is 6.32. The number of carboxylic acids is 2. The predicted molar refractivity (Wildman–Crippen MR) is 213 cm³/mol. The average Bonchev–Trinajstić information content (AvgIpc) is 3.20. The maximum absolute atomic E-state index is 12.8. The molecule has 54 heavy (non-hydrogen) atoms. The van der Waals surface area contributed by atoms with Crippen LogP contribution in [0, 0.1) is 11.8 Å². The van der Waals surface area contributed by atoms with Gasteiger partial charge < -0.3 is 10.2 Å². The summed E-state index contributed by atoms with van der Waals surface area (Å²) in [6, 6.07) is 35.8. The maximum Gasteiger partial charge on any atom is 0.325 e. The van der Waals surface area contributed by atoms with Crippen molar-refractivity contribution in [3.63, 3.8) is 0 Å². The number of aliphatic carboxylic acids is 2. The number of hydrogen-bond acceptors (Lipinski definition) is 10. The molecular formula is C40H44N4O8S2. The van der Waals surface area contributed by atoms with Crippen LogP contribution < -0.4 is 10.0 Å². The molecule has 284 valence electrons. The molecule has 0 fully saturated rings. The number of carbonyl (C=O) groups is 6. The van der Waals surface area contributed by atoms with E-state index < -0.39 is 36.9 Å². The van der Waals surface area contributed by atoms with Gasteiger partial charge in [-0.3, -0.25) is 38.8 Å². The second-order valence-corrected chi connectivity index (χ2v) is 14.0. The molecule has 0 bridgehead atoms. The molecule has 0 spiro atoms. The Labute approximate surface area is 323 Å². The molecule has 4 aromatic carbocycles. The molecule has 2 atom stereocenters. The Kier molecular flexibility index (Phi) is 17.3. The molecule has 2 unspecified atom stereocenters. The van der Waals surface area contributed by atoms with Crippen molar-refractivity contribution in [1.29, 1.82) is 0 Å². The highest BCUT2D eigenvalue weighted by Gasteiger charge is 2.28. The van der Waals surface area contributed by atoms with Crippen LogP contribution in [-0.4, -0.2) is 92.9 Å². The van der Waals surface area contributed by atoms with Gasteiger partial charge in [0.1, 0.15) is 13.1 Å². The minimum absolute atomic E-state index is 0.114. The fourth-order valence-electron chi connectivity index (χ4n) is 4.85. The summed E-state index contributed by atoms with van der Waals surface area (Å²) in [6.45, 7) is 2.49. The smallest absolute Gasteiger partial charge is 0.325 e. The number of amides is 2. The van der Waals surface area contributed by atoms with E-state index in [1.165, 1.54) is 20.0 Å². The minimum atomic E-state index is -1.11. The van der Waals surface area contributed by atoms with Crippen LogP contribution in [0.2, 0.25) is 0 Å². The Balaban J connectivity index is 0.000000290. The number of benzene rings is 4. The van der Waals surface area contributed by atoms with E-state index >= 15 is 0 Å². The van der Waals surface area contributed by atoms with Gasteiger partial charge in [0.15, 0.2) is 0 Å². The molecular weight excluding hydrogens is 729 g/mol. The molecule has 0 aliphatic carbocycles. The molecule has 2 N–H and O–H groups in total. The van der Waals surface area contributed by atoms with E-state index in [4.69, 9.17) is 0 Å². The van der Waals surface area contributed by atoms with Crippen molar-refractivity contribution >= 4 is 68.9 Å². The van der Waals surface area contributed by atoms with Gasteiger partial charge in [-0.2, -0.15) is 0 Å². The number of hydrazine groups is 2. The van der Waals surface area contributed by atoms with E-state index in [1.54, 1.807) is 101 Å². The SMILES string of the molecule is CC(CSC(=O)c1ccccc1)C(=O)N(CC(=O)O)N(C)c1ccccc1.CC(CSC(=O)c1ccccc1)C(=O)N(CC(=O)O)N(C)c1ccccc1. The van der Waals surface area contributed by atoms with Gasteiger partial charge in [0, 0.05) is 48.6 Å². The summed E-state index contributed by atoms with van der Waals surface area (Å²) >= 11 is 2.11. The van der Waals surface area contributed by atoms with Crippen molar-refractivity contribution in [2.75, 3.05) is 48.7 Å². The Morgan fingerprint density at radius 1 is 0.500 bits per heavy atom. The number of hydrogen-bond donors (Lipinski definition) is 2. The van der Waals surface area contributed by atoms with Gasteiger partial charge in [-0.15, -0.1) is 0 Å². The zero-order chi connectivity index (χ0) is 39.6. The second kappa shape index (κ2) is 21.8. The second-order valence-electron chi connectivity index (χ2n) is 12.0. The Hall–Kier alpha value is -5.60. The molecule has 0 saturated heterocycles. The summed E-state index contributed by atoms with van der Waals surface area (Å²) in [5.41, 5.74) is 2.55. The van der Waals surface area contributed by atoms with Gasteiger partial charge >= 0.3 is 11.9 Å². The quantitative estimate of drug-likeness (QED) is 0.122. The van der Waals surface area contributed by atoms with Crippen molar-refractivity contribution in [2.45, 2.75) is 13.8 Å². The van der Waals surface area contributed by atoms with Crippen molar-refractivity contribution in [1.82, 2.24) is 10.0 Å². The molecule has 14 heteroatoms. The molecule has 2 amide bonds. The lowest BCUT2D eigenvalue weighted by Gasteiger charge is -2.34. The van der Waals surface area contributed by atoms with Crippen LogP contribution in [0.5, 0.6) is 0 Å². The number of thioether (sulfide) groups is 2. The van der Waals surface area contributed by atoms with Crippen molar-refractivity contribution in [3.05, 3.63) is 132 Å². The van der Waals surface area contributed by atoms with Gasteiger partial charge in [0.25, 0.3) is 0 Å². The van der Waals surface area contributed by atoms with E-state index in [1.807, 2.05) is 48.5 Å². The Morgan fingerprint density at radius 2 is 0.778 bits per heavy atom. The highest BCUT2D eigenvalue weighted by atomic mass is 32.2. The first-order valence-electron chi connectivity index (χ1n) is 16.9. The van der Waals surface area contributed by atoms with E-state index in [-0.39, 0.29) is 33.6 Å². The first kappa shape index (κ1) is 42.8. The average molecular weight is 773 g/mol. The summed E-state index contributed by atoms with van der Waals surface area (Å²) in [4.78, 5) is 72.6. The third kappa shape index (κ3) is 13.4. The lowest BCUT2D eigenvalue weighted by Crippen LogP contribution is -2.49. The van der Waals surface area contributed by atoms with Crippen LogP contribution >= 0.6 is 23.5 Å². The fraction of sp³-hybridized carbons (Fsp3) is 0.250. The normalized spacial score (nSPS) is 11.5. The fourth-order valence-corrected chi connectivity index (χ4v) is 6.55. The monoisotopic (exact) mass is 772 g/mol. The van der Waals surface area contributed by atoms with Crippen LogP contribution in [0.4, 0.5) is 11.4 Å². The maximum atomic E-state index is 12.8. The Morgan fingerprint density at radius 3 is 1.06 bits per heavy atom. The highest BCUT2D eigenvalue weighted by molar-refractivity contribution is 8.14. The van der Waals surface area contributed by atoms with E-state index in [2.05, 4.69) is 0 Å². The van der Waals surface area contributed by atoms with E-state index in [0.29, 0.717) is 22.5 Å². The minimum Gasteiger partial charge on any atom is -0.480 e. The molecule has 4 aromatic rings. The third-order valence-corrected chi connectivity index (χ3v) is 10.2. The van der Waals surface area contributed by atoms with Crippen LogP contribution in [0.15, 0.2) is 121 Å². The molecule has 0 saturated carbocycles. The van der Waals surface area contributed by atoms with Gasteiger partial charge in [0.2, 0.25) is 22.0 Å². The number of carbonyl (C=O) groups excluding carboxylic acids is 4. The number of para-hydroxylation sites is 2. The van der Waals surface area contributed by atoms with Crippen LogP contribution in [-0.2, 0) is 19.2 Å². The summed E-state index contributed by atoms with van der Waals surface area (Å²) in [5, 5.41) is 23.6. The summed E-state index contributed by atoms with van der Waals surface area (Å²) in [6.07, 6.45) is 0. The van der Waals surface area contributed by atoms with Crippen LogP contribution in [0.25, 0.3) is 0 Å². The molecule has 0 radical (unpaired) electrons. The molecule has 0 aromatic heterocycles. The van der Waals surface area contributed by atoms with Gasteiger partial charge in [-0.25, -0.2) is 10.0 Å². The zero-order valence-corrected chi connectivity index (χ0v) is 32.1. The summed E-state index contributed by atoms with van der Waals surface area (Å²) in [7, 11) is 3.29.